The molecule has 0 spiro atoms. The van der Waals surface area contributed by atoms with E-state index in [1.54, 1.807) is 12.1 Å². The average molecular weight is 600 g/mol. The Morgan fingerprint density at radius 2 is 1.61 bits per heavy atom. The van der Waals surface area contributed by atoms with Gasteiger partial charge in [-0.1, -0.05) is 53.5 Å². The van der Waals surface area contributed by atoms with Gasteiger partial charge in [-0.15, -0.1) is 0 Å². The van der Waals surface area contributed by atoms with Crippen molar-refractivity contribution in [3.8, 4) is 5.75 Å². The number of piperidine rings is 1. The zero-order valence-corrected chi connectivity index (χ0v) is 24.4. The fourth-order valence-corrected chi connectivity index (χ4v) is 6.76. The number of hydrogen-bond donors (Lipinski definition) is 0. The van der Waals surface area contributed by atoms with Gasteiger partial charge in [0.15, 0.2) is 0 Å². The molecule has 0 aromatic heterocycles. The maximum Gasteiger partial charge on any atom is 0.256 e. The third kappa shape index (κ3) is 6.55. The van der Waals surface area contributed by atoms with Crippen molar-refractivity contribution < 1.29 is 18.3 Å². The van der Waals surface area contributed by atoms with Crippen molar-refractivity contribution in [2.45, 2.75) is 50.2 Å². The van der Waals surface area contributed by atoms with E-state index in [2.05, 4.69) is 17.0 Å². The molecular formula is C33H34Cl2F2N2O2. The van der Waals surface area contributed by atoms with Crippen LogP contribution in [0.3, 0.4) is 0 Å². The Balaban J connectivity index is 1.13. The fraction of sp³-hybridized carbons (Fsp3) is 0.424. The number of ether oxygens (including phenoxy) is 1. The third-order valence-corrected chi connectivity index (χ3v) is 9.01. The normalized spacial score (nSPS) is 20.8. The zero-order chi connectivity index (χ0) is 28.5. The van der Waals surface area contributed by atoms with E-state index in [1.165, 1.54) is 16.5 Å². The molecule has 3 aromatic carbocycles. The molecule has 3 aromatic rings. The first-order valence-electron chi connectivity index (χ1n) is 14.5. The van der Waals surface area contributed by atoms with Gasteiger partial charge in [0.25, 0.3) is 5.91 Å². The number of hydrogen-bond acceptors (Lipinski definition) is 3. The van der Waals surface area contributed by atoms with Gasteiger partial charge < -0.3 is 9.64 Å². The highest BCUT2D eigenvalue weighted by Gasteiger charge is 2.33. The molecule has 8 heteroatoms. The van der Waals surface area contributed by atoms with Crippen LogP contribution in [0.1, 0.15) is 71.1 Å². The van der Waals surface area contributed by atoms with Crippen LogP contribution in [0.15, 0.2) is 60.7 Å². The van der Waals surface area contributed by atoms with Crippen LogP contribution in [-0.4, -0.2) is 54.7 Å². The van der Waals surface area contributed by atoms with Crippen molar-refractivity contribution in [3.63, 3.8) is 0 Å². The largest absolute Gasteiger partial charge is 0.493 e. The summed E-state index contributed by atoms with van der Waals surface area (Å²) in [7, 11) is 0. The van der Waals surface area contributed by atoms with Crippen LogP contribution in [0.4, 0.5) is 8.78 Å². The molecule has 0 N–H and O–H groups in total. The fourth-order valence-electron chi connectivity index (χ4n) is 6.21. The Labute approximate surface area is 250 Å². The first-order chi connectivity index (χ1) is 19.9. The Bertz CT molecular complexity index is 1370. The van der Waals surface area contributed by atoms with E-state index in [0.717, 1.165) is 49.9 Å². The Hall–Kier alpha value is -2.67. The number of benzene rings is 3. The highest BCUT2D eigenvalue weighted by atomic mass is 35.5. The number of halogens is 4. The molecule has 2 aliphatic heterocycles. The van der Waals surface area contributed by atoms with Crippen molar-refractivity contribution in [2.24, 2.45) is 5.92 Å². The van der Waals surface area contributed by atoms with Gasteiger partial charge in [0, 0.05) is 22.7 Å². The number of rotatable bonds is 8. The third-order valence-electron chi connectivity index (χ3n) is 8.57. The predicted molar refractivity (Wildman–Crippen MR) is 158 cm³/mol. The number of nitrogens with zero attached hydrogens (tertiary/aromatic N) is 2. The Morgan fingerprint density at radius 3 is 2.24 bits per heavy atom. The van der Waals surface area contributed by atoms with Crippen LogP contribution in [-0.2, 0) is 0 Å². The molecular weight excluding hydrogens is 565 g/mol. The maximum atomic E-state index is 15.2. The van der Waals surface area contributed by atoms with Gasteiger partial charge in [0.2, 0.25) is 0 Å². The van der Waals surface area contributed by atoms with Gasteiger partial charge in [0.1, 0.15) is 17.7 Å². The first-order valence-corrected chi connectivity index (χ1v) is 15.3. The molecule has 0 bridgehead atoms. The minimum absolute atomic E-state index is 0.0229. The summed E-state index contributed by atoms with van der Waals surface area (Å²) in [5.74, 6) is 0.107. The van der Waals surface area contributed by atoms with Gasteiger partial charge in [-0.3, -0.25) is 9.69 Å². The number of carbonyl (C=O) groups excluding carboxylic acids is 1. The molecule has 3 fully saturated rings. The van der Waals surface area contributed by atoms with Crippen LogP contribution in [0, 0.1) is 11.7 Å². The molecule has 2 atom stereocenters. The Morgan fingerprint density at radius 1 is 0.902 bits per heavy atom. The lowest BCUT2D eigenvalue weighted by molar-refractivity contribution is 0.0777. The molecule has 4 nitrogen and oxygen atoms in total. The quantitative estimate of drug-likeness (QED) is 0.263. The summed E-state index contributed by atoms with van der Waals surface area (Å²) in [6, 6.07) is 19.2. The molecule has 6 rings (SSSR count). The molecule has 41 heavy (non-hydrogen) atoms. The van der Waals surface area contributed by atoms with Crippen LogP contribution in [0.25, 0.3) is 0 Å². The van der Waals surface area contributed by atoms with Gasteiger partial charge >= 0.3 is 0 Å². The summed E-state index contributed by atoms with van der Waals surface area (Å²) in [5, 5.41) is 1.24. The lowest BCUT2D eigenvalue weighted by Gasteiger charge is -2.38. The number of likely N-dealkylation sites (tertiary alicyclic amines) is 2. The summed E-state index contributed by atoms with van der Waals surface area (Å²) in [6.45, 7) is 2.60. The Kier molecular flexibility index (Phi) is 8.52. The number of amides is 1. The SMILES string of the molecule is O=C(c1cc(C2CC2)c(OCC2CCN(C(c3ccccc3)c3cc(Cl)cc(Cl)c3)CC2)cc1F)N1CCC(F)C1. The number of alkyl halides is 1. The first kappa shape index (κ1) is 28.4. The standard InChI is InChI=1S/C33H34Cl2F2N2O2/c34-25-14-24(15-26(35)16-25)32(23-4-2-1-3-5-23)38-11-8-21(9-12-38)20-41-31-18-30(37)29(17-28(31)22-6-7-22)33(40)39-13-10-27(36)19-39/h1-5,14-18,21-22,27,32H,6-13,19-20H2. The van der Waals surface area contributed by atoms with Crippen molar-refractivity contribution in [3.05, 3.63) is 98.8 Å². The summed E-state index contributed by atoms with van der Waals surface area (Å²) < 4.78 is 35.1. The number of carbonyl (C=O) groups is 1. The second kappa shape index (κ2) is 12.3. The van der Waals surface area contributed by atoms with Crippen molar-refractivity contribution in [1.82, 2.24) is 9.80 Å². The lowest BCUT2D eigenvalue weighted by atomic mass is 9.91. The summed E-state index contributed by atoms with van der Waals surface area (Å²) >= 11 is 12.8. The average Bonchev–Trinajstić information content (AvgIpc) is 3.71. The van der Waals surface area contributed by atoms with Crippen LogP contribution >= 0.6 is 23.2 Å². The summed E-state index contributed by atoms with van der Waals surface area (Å²) in [6.07, 6.45) is 3.15. The van der Waals surface area contributed by atoms with Gasteiger partial charge in [-0.25, -0.2) is 8.78 Å². The van der Waals surface area contributed by atoms with E-state index in [4.69, 9.17) is 27.9 Å². The molecule has 1 amide bonds. The molecule has 3 aliphatic rings. The maximum absolute atomic E-state index is 15.2. The monoisotopic (exact) mass is 598 g/mol. The van der Waals surface area contributed by atoms with Crippen molar-refractivity contribution in [1.29, 1.82) is 0 Å². The lowest BCUT2D eigenvalue weighted by Crippen LogP contribution is -2.38. The van der Waals surface area contributed by atoms with Crippen LogP contribution < -0.4 is 4.74 Å². The molecule has 1 aliphatic carbocycles. The summed E-state index contributed by atoms with van der Waals surface area (Å²) in [5.41, 5.74) is 3.18. The van der Waals surface area contributed by atoms with E-state index < -0.39 is 17.9 Å². The second-order valence-corrected chi connectivity index (χ2v) is 12.5. The van der Waals surface area contributed by atoms with Crippen LogP contribution in [0.5, 0.6) is 5.75 Å². The van der Waals surface area contributed by atoms with Crippen LogP contribution in [0.2, 0.25) is 10.0 Å². The van der Waals surface area contributed by atoms with Crippen molar-refractivity contribution in [2.75, 3.05) is 32.8 Å². The van der Waals surface area contributed by atoms with E-state index >= 15 is 4.39 Å². The highest BCUT2D eigenvalue weighted by Crippen LogP contribution is 2.45. The van der Waals surface area contributed by atoms with Gasteiger partial charge in [-0.05, 0) is 98.0 Å². The molecule has 2 unspecified atom stereocenters. The molecule has 2 heterocycles. The molecule has 216 valence electrons. The second-order valence-electron chi connectivity index (χ2n) is 11.6. The zero-order valence-electron chi connectivity index (χ0n) is 22.9. The van der Waals surface area contributed by atoms with Gasteiger partial charge in [-0.2, -0.15) is 0 Å². The van der Waals surface area contributed by atoms with E-state index in [9.17, 15) is 9.18 Å². The predicted octanol–water partition coefficient (Wildman–Crippen LogP) is 8.07. The van der Waals surface area contributed by atoms with Crippen molar-refractivity contribution >= 4 is 29.1 Å². The smallest absolute Gasteiger partial charge is 0.256 e. The van der Waals surface area contributed by atoms with E-state index in [0.29, 0.717) is 41.3 Å². The van der Waals surface area contributed by atoms with E-state index in [1.807, 2.05) is 30.3 Å². The highest BCUT2D eigenvalue weighted by molar-refractivity contribution is 6.34. The summed E-state index contributed by atoms with van der Waals surface area (Å²) in [4.78, 5) is 16.8. The minimum Gasteiger partial charge on any atom is -0.493 e. The minimum atomic E-state index is -1.04. The topological polar surface area (TPSA) is 32.8 Å². The molecule has 0 radical (unpaired) electrons. The molecule has 1 saturated carbocycles. The molecule has 2 saturated heterocycles. The van der Waals surface area contributed by atoms with Gasteiger partial charge in [0.05, 0.1) is 24.8 Å². The van der Waals surface area contributed by atoms with E-state index in [-0.39, 0.29) is 24.1 Å².